The molecule has 0 aromatic heterocycles. The van der Waals surface area contributed by atoms with E-state index in [-0.39, 0.29) is 73.8 Å². The monoisotopic (exact) mass is 1020 g/mol. The number of amides is 1. The van der Waals surface area contributed by atoms with Gasteiger partial charge in [0.2, 0.25) is 0 Å². The van der Waals surface area contributed by atoms with E-state index in [2.05, 4.69) is 39.0 Å². The molecular weight excluding hydrogens is 931 g/mol. The van der Waals surface area contributed by atoms with Crippen molar-refractivity contribution in [2.45, 2.75) is 207 Å². The van der Waals surface area contributed by atoms with Gasteiger partial charge >= 0.3 is 5.97 Å². The Morgan fingerprint density at radius 2 is 1.55 bits per heavy atom. The number of piperidine rings is 1. The average molecular weight is 1020 g/mol. The molecule has 14 nitrogen and oxygen atoms in total. The lowest BCUT2D eigenvalue weighted by atomic mass is 9.80. The van der Waals surface area contributed by atoms with E-state index in [1.807, 2.05) is 52.8 Å². The smallest absolute Gasteiger partial charge is 0.329 e. The third kappa shape index (κ3) is 19.9. The number of aryl methyl sites for hydroxylation is 1. The van der Waals surface area contributed by atoms with E-state index < -0.39 is 47.4 Å². The molecule has 4 fully saturated rings. The van der Waals surface area contributed by atoms with Gasteiger partial charge in [-0.1, -0.05) is 101 Å². The van der Waals surface area contributed by atoms with E-state index in [1.165, 1.54) is 24.0 Å². The number of hydrogen-bond donors (Lipinski definition) is 1. The van der Waals surface area contributed by atoms with Gasteiger partial charge in [0, 0.05) is 59.7 Å². The largest absolute Gasteiger partial charge is 0.460 e. The summed E-state index contributed by atoms with van der Waals surface area (Å²) in [6.07, 6.45) is 13.3. The molecule has 412 valence electrons. The van der Waals surface area contributed by atoms with Crippen LogP contribution >= 0.6 is 0 Å². The van der Waals surface area contributed by atoms with Gasteiger partial charge in [0.05, 0.1) is 31.0 Å². The number of ketones is 3. The average Bonchev–Trinajstić information content (AvgIpc) is 3.39. The van der Waals surface area contributed by atoms with Crippen LogP contribution in [0.2, 0.25) is 0 Å². The van der Waals surface area contributed by atoms with Gasteiger partial charge in [-0.25, -0.2) is 4.79 Å². The zero-order chi connectivity index (χ0) is 54.3. The fourth-order valence-corrected chi connectivity index (χ4v) is 10.2. The number of aldehydes is 1. The second-order valence-corrected chi connectivity index (χ2v) is 21.6. The van der Waals surface area contributed by atoms with Crippen molar-refractivity contribution in [2.24, 2.45) is 29.6 Å². The molecule has 73 heavy (non-hydrogen) atoms. The number of aliphatic hydroxyl groups excluding tert-OH is 1. The van der Waals surface area contributed by atoms with Crippen LogP contribution in [-0.2, 0) is 57.2 Å². The van der Waals surface area contributed by atoms with Crippen molar-refractivity contribution < 1.29 is 62.3 Å². The maximum atomic E-state index is 13.6. The Balaban J connectivity index is 0.000000738. The molecule has 12 atom stereocenters. The van der Waals surface area contributed by atoms with Gasteiger partial charge in [0.15, 0.2) is 17.7 Å². The zero-order valence-electron chi connectivity index (χ0n) is 46.6. The maximum absolute atomic E-state index is 13.6. The van der Waals surface area contributed by atoms with Gasteiger partial charge in [-0.3, -0.25) is 24.0 Å². The molecule has 1 N–H and O–H groups in total. The molecule has 1 aliphatic carbocycles. The molecule has 0 spiro atoms. The number of aliphatic hydroxyl groups is 1. The molecule has 1 unspecified atom stereocenters. The van der Waals surface area contributed by atoms with E-state index in [4.69, 9.17) is 28.4 Å². The Bertz CT molecular complexity index is 1920. The molecule has 5 rings (SSSR count). The van der Waals surface area contributed by atoms with Crippen LogP contribution < -0.4 is 0 Å². The highest BCUT2D eigenvalue weighted by atomic mass is 16.5. The first-order chi connectivity index (χ1) is 34.7. The molecule has 3 aliphatic heterocycles. The Morgan fingerprint density at radius 1 is 0.863 bits per heavy atom. The third-order valence-corrected chi connectivity index (χ3v) is 15.6. The van der Waals surface area contributed by atoms with E-state index >= 15 is 0 Å². The lowest BCUT2D eigenvalue weighted by molar-refractivity contribution is -0.175. The first kappa shape index (κ1) is 63.4. The summed E-state index contributed by atoms with van der Waals surface area (Å²) in [5.74, 6) is -2.83. The predicted octanol–water partition coefficient (Wildman–Crippen LogP) is 9.53. The third-order valence-electron chi connectivity index (χ3n) is 15.6. The van der Waals surface area contributed by atoms with Crippen molar-refractivity contribution in [3.63, 3.8) is 0 Å². The fourth-order valence-electron chi connectivity index (χ4n) is 10.2. The molecule has 1 saturated carbocycles. The Morgan fingerprint density at radius 3 is 2.10 bits per heavy atom. The first-order valence-electron chi connectivity index (χ1n) is 27.2. The van der Waals surface area contributed by atoms with Crippen LogP contribution in [0.4, 0.5) is 0 Å². The summed E-state index contributed by atoms with van der Waals surface area (Å²) in [5.41, 5.74) is 1.48. The summed E-state index contributed by atoms with van der Waals surface area (Å²) in [5, 5.41) is 9.24. The van der Waals surface area contributed by atoms with Crippen molar-refractivity contribution >= 4 is 35.5 Å². The van der Waals surface area contributed by atoms with Gasteiger partial charge in [-0.15, -0.1) is 0 Å². The van der Waals surface area contributed by atoms with E-state index in [0.717, 1.165) is 49.7 Å². The van der Waals surface area contributed by atoms with Crippen LogP contribution in [0.1, 0.15) is 157 Å². The normalized spacial score (nSPS) is 26.8. The number of hydrogen-bond acceptors (Lipinski definition) is 13. The summed E-state index contributed by atoms with van der Waals surface area (Å²) in [4.78, 5) is 80.7. The highest BCUT2D eigenvalue weighted by Gasteiger charge is 2.52. The number of rotatable bonds is 22. The highest BCUT2D eigenvalue weighted by molar-refractivity contribution is 6.42. The second kappa shape index (κ2) is 32.5. The number of nitrogens with zero attached hydrogens (tertiary/aromatic N) is 1. The summed E-state index contributed by atoms with van der Waals surface area (Å²) in [6.45, 7) is 18.7. The van der Waals surface area contributed by atoms with Crippen LogP contribution in [0.5, 0.6) is 0 Å². The number of carbonyl (C=O) groups is 6. The van der Waals surface area contributed by atoms with Crippen molar-refractivity contribution in [3.05, 3.63) is 59.2 Å². The second-order valence-electron chi connectivity index (χ2n) is 21.6. The van der Waals surface area contributed by atoms with Crippen LogP contribution in [0.15, 0.2) is 53.6 Å². The van der Waals surface area contributed by atoms with Gasteiger partial charge < -0.3 is 38.4 Å². The highest BCUT2D eigenvalue weighted by Crippen LogP contribution is 2.34. The molecular formula is C59H93NO13. The quantitative estimate of drug-likeness (QED) is 0.0382. The molecule has 1 aromatic rings. The summed E-state index contributed by atoms with van der Waals surface area (Å²) < 4.78 is 33.8. The van der Waals surface area contributed by atoms with Crippen LogP contribution in [-0.4, -0.2) is 135 Å². The minimum Gasteiger partial charge on any atom is -0.460 e. The fraction of sp³-hybridized carbons (Fsp3) is 0.729. The minimum atomic E-state index is -1.86. The number of methoxy groups -OCH3 is 3. The van der Waals surface area contributed by atoms with Gasteiger partial charge in [0.1, 0.15) is 24.0 Å². The lowest BCUT2D eigenvalue weighted by Crippen LogP contribution is -2.60. The van der Waals surface area contributed by atoms with Crippen molar-refractivity contribution in [2.75, 3.05) is 41.1 Å². The molecule has 0 radical (unpaired) electrons. The van der Waals surface area contributed by atoms with Crippen LogP contribution in [0.3, 0.4) is 0 Å². The van der Waals surface area contributed by atoms with Crippen molar-refractivity contribution in [1.82, 2.24) is 4.90 Å². The number of likely N-dealkylation sites (tertiary alicyclic amines) is 1. The molecule has 1 aromatic carbocycles. The first-order valence-corrected chi connectivity index (χ1v) is 27.2. The topological polar surface area (TPSA) is 181 Å². The van der Waals surface area contributed by atoms with Gasteiger partial charge in [-0.2, -0.15) is 0 Å². The van der Waals surface area contributed by atoms with E-state index in [1.54, 1.807) is 27.2 Å². The summed E-state index contributed by atoms with van der Waals surface area (Å²) in [7, 11) is 4.91. The van der Waals surface area contributed by atoms with Gasteiger partial charge in [0.25, 0.3) is 11.7 Å². The van der Waals surface area contributed by atoms with Crippen molar-refractivity contribution in [1.29, 1.82) is 0 Å². The van der Waals surface area contributed by atoms with Crippen LogP contribution in [0, 0.1) is 36.5 Å². The predicted molar refractivity (Wildman–Crippen MR) is 283 cm³/mol. The molecule has 1 amide bonds. The SMILES string of the molecule is CO[C@@H](C)/C(C)=C/C1CC[C@@H]([C@@H](C)C[C@@H](C)C(=O)[C@@H](C/C(C)=C/CC(=O)C[C@H](OC(=O)[C@@H]2CCCCN2C(=O)C(=O)[C@]2(C=O)OCCC[C@H]2C)C(C)C)OC)CO1.CO[C@@H]1CCCC[C@H]1O.Cc1ccccc1. The Kier molecular flexibility index (Phi) is 28.2. The Labute approximate surface area is 438 Å². The number of Topliss-reactive ketones (excluding diaryl/α,β-unsaturated/α-hetero) is 3. The molecule has 4 aliphatic rings. The molecule has 0 bridgehead atoms. The summed E-state index contributed by atoms with van der Waals surface area (Å²) in [6, 6.07) is 9.26. The Hall–Kier alpha value is -3.92. The van der Waals surface area contributed by atoms with Crippen molar-refractivity contribution in [3.8, 4) is 0 Å². The maximum Gasteiger partial charge on any atom is 0.329 e. The minimum absolute atomic E-state index is 0.0260. The zero-order valence-corrected chi connectivity index (χ0v) is 46.6. The number of carbonyl (C=O) groups excluding carboxylic acids is 6. The van der Waals surface area contributed by atoms with E-state index in [0.29, 0.717) is 63.3 Å². The van der Waals surface area contributed by atoms with Gasteiger partial charge in [-0.05, 0) is 121 Å². The molecule has 3 heterocycles. The van der Waals surface area contributed by atoms with Crippen LogP contribution in [0.25, 0.3) is 0 Å². The molecule has 3 saturated heterocycles. The number of allylic oxidation sites excluding steroid dienone is 1. The number of esters is 1. The number of ether oxygens (including phenoxy) is 6. The number of benzene rings is 1. The standard InChI is InChI=1S/C45H71NO11.C7H14O2.C7H8/c1-28(2)39(57-44(52)38-15-11-12-20-46(38)43(51)42(50)45(27-47)33(7)14-13-21-56-45)25-36(48)18-16-29(3)22-40(54-10)41(49)32(6)23-31(5)35-17-19-37(55-26-35)24-30(4)34(8)53-9;1-9-7-5-3-2-4-6(7)8;1-7-5-3-2-4-6-7/h16,24,27-28,31-35,37-40H,11-15,17-23,25-26H2,1-10H3;6-8H,2-5H2,1H3;2-6H,1H3/b29-16+,30-24+;;/t31-,32+,33+,34-,35+,37?,38-,39-,40+,45+;6-,7-;/m01./s1. The summed E-state index contributed by atoms with van der Waals surface area (Å²) >= 11 is 0. The van der Waals surface area contributed by atoms with E-state index in [9.17, 15) is 33.9 Å². The lowest BCUT2D eigenvalue weighted by Gasteiger charge is -2.39. The molecule has 14 heteroatoms.